The second-order valence-electron chi connectivity index (χ2n) is 4.92. The summed E-state index contributed by atoms with van der Waals surface area (Å²) in [4.78, 5) is 8.68. The molecule has 0 fully saturated rings. The molecule has 2 rings (SSSR count). The molecule has 0 spiro atoms. The Bertz CT molecular complexity index is 531. The Labute approximate surface area is 114 Å². The highest BCUT2D eigenvalue weighted by Crippen LogP contribution is 2.14. The van der Waals surface area contributed by atoms with Gasteiger partial charge in [-0.1, -0.05) is 13.3 Å². The zero-order valence-corrected chi connectivity index (χ0v) is 12.0. The fourth-order valence-corrected chi connectivity index (χ4v) is 2.05. The Balaban J connectivity index is 2.13. The van der Waals surface area contributed by atoms with Crippen LogP contribution in [0.4, 0.5) is 5.95 Å². The zero-order chi connectivity index (χ0) is 13.7. The molecule has 4 heteroatoms. The summed E-state index contributed by atoms with van der Waals surface area (Å²) in [6.45, 7) is 8.13. The van der Waals surface area contributed by atoms with Gasteiger partial charge in [0.25, 0.3) is 0 Å². The van der Waals surface area contributed by atoms with Crippen molar-refractivity contribution >= 4 is 5.95 Å². The van der Waals surface area contributed by atoms with Gasteiger partial charge in [-0.05, 0) is 37.5 Å². The Kier molecular flexibility index (Phi) is 4.55. The van der Waals surface area contributed by atoms with Crippen molar-refractivity contribution in [3.05, 3.63) is 41.5 Å². The first-order chi connectivity index (χ1) is 9.20. The summed E-state index contributed by atoms with van der Waals surface area (Å²) in [5, 5.41) is 3.41. The molecule has 0 aromatic carbocycles. The lowest BCUT2D eigenvalue weighted by Gasteiger charge is -2.10. The van der Waals surface area contributed by atoms with Gasteiger partial charge in [-0.15, -0.1) is 0 Å². The predicted molar refractivity (Wildman–Crippen MR) is 78.4 cm³/mol. The minimum absolute atomic E-state index is 0.837. The molecule has 0 atom stereocenters. The van der Waals surface area contributed by atoms with E-state index in [1.165, 1.54) is 24.0 Å². The van der Waals surface area contributed by atoms with E-state index in [0.717, 1.165) is 24.7 Å². The summed E-state index contributed by atoms with van der Waals surface area (Å²) in [7, 11) is 0. The topological polar surface area (TPSA) is 42.7 Å². The van der Waals surface area contributed by atoms with Gasteiger partial charge in [0.05, 0.1) is 12.2 Å². The number of nitrogens with zero attached hydrogens (tertiary/aromatic N) is 3. The smallest absolute Gasteiger partial charge is 0.203 e. The Hall–Kier alpha value is -1.84. The highest BCUT2D eigenvalue weighted by atomic mass is 15.2. The van der Waals surface area contributed by atoms with Crippen LogP contribution in [0.5, 0.6) is 0 Å². The van der Waals surface area contributed by atoms with Crippen molar-refractivity contribution < 1.29 is 0 Å². The standard InChI is InChI=1S/C15H22N4/c1-4-5-7-17-15-18-13(3)10-19(15)11-14-6-8-16-9-12(14)2/h6,8-10H,4-5,7,11H2,1-3H3,(H,17,18). The van der Waals surface area contributed by atoms with Crippen LogP contribution in [0.15, 0.2) is 24.7 Å². The van der Waals surface area contributed by atoms with Gasteiger partial charge in [-0.2, -0.15) is 0 Å². The van der Waals surface area contributed by atoms with E-state index in [-0.39, 0.29) is 0 Å². The van der Waals surface area contributed by atoms with Crippen molar-refractivity contribution in [2.24, 2.45) is 0 Å². The van der Waals surface area contributed by atoms with Crippen molar-refractivity contribution in [1.82, 2.24) is 14.5 Å². The van der Waals surface area contributed by atoms with Gasteiger partial charge in [0.1, 0.15) is 0 Å². The normalized spacial score (nSPS) is 10.7. The van der Waals surface area contributed by atoms with E-state index in [1.54, 1.807) is 0 Å². The first-order valence-corrected chi connectivity index (χ1v) is 6.88. The van der Waals surface area contributed by atoms with E-state index in [2.05, 4.69) is 46.0 Å². The summed E-state index contributed by atoms with van der Waals surface area (Å²) in [6.07, 6.45) is 8.20. The van der Waals surface area contributed by atoms with Crippen LogP contribution in [-0.2, 0) is 6.54 Å². The first-order valence-electron chi connectivity index (χ1n) is 6.88. The summed E-state index contributed by atoms with van der Waals surface area (Å²) in [5.74, 6) is 0.960. The van der Waals surface area contributed by atoms with Crippen molar-refractivity contribution in [1.29, 1.82) is 0 Å². The second kappa shape index (κ2) is 6.36. The number of aryl methyl sites for hydroxylation is 2. The van der Waals surface area contributed by atoms with Crippen LogP contribution in [0.2, 0.25) is 0 Å². The molecule has 102 valence electrons. The van der Waals surface area contributed by atoms with E-state index >= 15 is 0 Å². The summed E-state index contributed by atoms with van der Waals surface area (Å²) >= 11 is 0. The third-order valence-electron chi connectivity index (χ3n) is 3.19. The molecule has 0 unspecified atom stereocenters. The SMILES string of the molecule is CCCCNc1nc(C)cn1Cc1ccncc1C. The van der Waals surface area contributed by atoms with Crippen molar-refractivity contribution in [2.75, 3.05) is 11.9 Å². The molecule has 0 saturated carbocycles. The summed E-state index contributed by atoms with van der Waals surface area (Å²) in [6, 6.07) is 2.07. The molecule has 1 N–H and O–H groups in total. The van der Waals surface area contributed by atoms with Crippen molar-refractivity contribution in [2.45, 2.75) is 40.2 Å². The lowest BCUT2D eigenvalue weighted by Crippen LogP contribution is -2.09. The van der Waals surface area contributed by atoms with Gasteiger partial charge in [-0.25, -0.2) is 4.98 Å². The van der Waals surface area contributed by atoms with Crippen LogP contribution in [0.3, 0.4) is 0 Å². The lowest BCUT2D eigenvalue weighted by atomic mass is 10.1. The molecule has 0 aliphatic rings. The molecule has 0 amide bonds. The maximum atomic E-state index is 4.54. The van der Waals surface area contributed by atoms with Gasteiger partial charge in [0.2, 0.25) is 5.95 Å². The van der Waals surface area contributed by atoms with E-state index < -0.39 is 0 Å². The number of nitrogens with one attached hydrogen (secondary N) is 1. The molecular weight excluding hydrogens is 236 g/mol. The summed E-state index contributed by atoms with van der Waals surface area (Å²) < 4.78 is 2.17. The van der Waals surface area contributed by atoms with E-state index in [1.807, 2.05) is 19.3 Å². The molecule has 19 heavy (non-hydrogen) atoms. The van der Waals surface area contributed by atoms with Crippen molar-refractivity contribution in [3.8, 4) is 0 Å². The molecule has 0 saturated heterocycles. The number of pyridine rings is 1. The average Bonchev–Trinajstić information content (AvgIpc) is 2.73. The number of hydrogen-bond donors (Lipinski definition) is 1. The van der Waals surface area contributed by atoms with Crippen LogP contribution in [0.25, 0.3) is 0 Å². The Morgan fingerprint density at radius 3 is 2.89 bits per heavy atom. The number of hydrogen-bond acceptors (Lipinski definition) is 3. The number of rotatable bonds is 6. The fraction of sp³-hybridized carbons (Fsp3) is 0.467. The van der Waals surface area contributed by atoms with Crippen LogP contribution in [-0.4, -0.2) is 21.1 Å². The van der Waals surface area contributed by atoms with Gasteiger partial charge < -0.3 is 9.88 Å². The van der Waals surface area contributed by atoms with Crippen LogP contribution < -0.4 is 5.32 Å². The highest BCUT2D eigenvalue weighted by molar-refractivity contribution is 5.31. The number of anilines is 1. The van der Waals surface area contributed by atoms with Gasteiger partial charge >= 0.3 is 0 Å². The molecular formula is C15H22N4. The zero-order valence-electron chi connectivity index (χ0n) is 12.0. The van der Waals surface area contributed by atoms with E-state index in [9.17, 15) is 0 Å². The summed E-state index contributed by atoms with van der Waals surface area (Å²) in [5.41, 5.74) is 3.55. The molecule has 2 aromatic rings. The van der Waals surface area contributed by atoms with Gasteiger partial charge in [-0.3, -0.25) is 4.98 Å². The quantitative estimate of drug-likeness (QED) is 0.809. The maximum Gasteiger partial charge on any atom is 0.203 e. The third-order valence-corrected chi connectivity index (χ3v) is 3.19. The monoisotopic (exact) mass is 258 g/mol. The van der Waals surface area contributed by atoms with Crippen LogP contribution in [0.1, 0.15) is 36.6 Å². The van der Waals surface area contributed by atoms with Crippen molar-refractivity contribution in [3.63, 3.8) is 0 Å². The third kappa shape index (κ3) is 3.56. The molecule has 0 aliphatic carbocycles. The van der Waals surface area contributed by atoms with E-state index in [0.29, 0.717) is 0 Å². The lowest BCUT2D eigenvalue weighted by molar-refractivity contribution is 0.771. The number of aromatic nitrogens is 3. The minimum atomic E-state index is 0.837. The molecule has 4 nitrogen and oxygen atoms in total. The second-order valence-corrected chi connectivity index (χ2v) is 4.92. The Morgan fingerprint density at radius 2 is 2.16 bits per heavy atom. The van der Waals surface area contributed by atoms with E-state index in [4.69, 9.17) is 0 Å². The first kappa shape index (κ1) is 13.6. The molecule has 2 aromatic heterocycles. The highest BCUT2D eigenvalue weighted by Gasteiger charge is 2.06. The maximum absolute atomic E-state index is 4.54. The Morgan fingerprint density at radius 1 is 1.32 bits per heavy atom. The van der Waals surface area contributed by atoms with Crippen LogP contribution >= 0.6 is 0 Å². The van der Waals surface area contributed by atoms with Crippen LogP contribution in [0, 0.1) is 13.8 Å². The number of unbranched alkanes of at least 4 members (excludes halogenated alkanes) is 1. The average molecular weight is 258 g/mol. The van der Waals surface area contributed by atoms with Gasteiger partial charge in [0, 0.05) is 25.1 Å². The molecule has 0 radical (unpaired) electrons. The number of imidazole rings is 1. The minimum Gasteiger partial charge on any atom is -0.356 e. The predicted octanol–water partition coefficient (Wildman–Crippen LogP) is 3.16. The van der Waals surface area contributed by atoms with Gasteiger partial charge in [0.15, 0.2) is 0 Å². The molecule has 0 bridgehead atoms. The largest absolute Gasteiger partial charge is 0.356 e. The molecule has 0 aliphatic heterocycles. The molecule has 2 heterocycles. The fourth-order valence-electron chi connectivity index (χ4n) is 2.05.